The molecule has 0 unspecified atom stereocenters. The number of carbonyl (C=O) groups excluding carboxylic acids is 1. The number of nitrogens with zero attached hydrogens (tertiary/aromatic N) is 3. The first-order valence-corrected chi connectivity index (χ1v) is 7.16. The van der Waals surface area contributed by atoms with Gasteiger partial charge in [0.15, 0.2) is 5.69 Å². The van der Waals surface area contributed by atoms with E-state index in [0.717, 1.165) is 5.69 Å². The molecule has 3 aromatic rings. The number of carbonyl (C=O) groups is 1. The molecule has 0 aliphatic rings. The Bertz CT molecular complexity index is 811. The van der Waals surface area contributed by atoms with Gasteiger partial charge in [-0.05, 0) is 24.3 Å². The minimum absolute atomic E-state index is 0.0991. The second-order valence-electron chi connectivity index (χ2n) is 4.57. The van der Waals surface area contributed by atoms with Crippen molar-refractivity contribution < 1.29 is 4.79 Å². The average Bonchev–Trinajstić information content (AvgIpc) is 2.58. The van der Waals surface area contributed by atoms with E-state index in [1.165, 1.54) is 6.20 Å². The summed E-state index contributed by atoms with van der Waals surface area (Å²) in [7, 11) is 0. The molecule has 0 radical (unpaired) electrons. The fourth-order valence-corrected chi connectivity index (χ4v) is 2.04. The van der Waals surface area contributed by atoms with Gasteiger partial charge in [0.1, 0.15) is 0 Å². The van der Waals surface area contributed by atoms with Crippen LogP contribution in [0.5, 0.6) is 0 Å². The van der Waals surface area contributed by atoms with Crippen LogP contribution in [0.4, 0.5) is 17.3 Å². The van der Waals surface area contributed by atoms with Crippen LogP contribution in [0.1, 0.15) is 10.5 Å². The Morgan fingerprint density at radius 3 is 2.48 bits per heavy atom. The zero-order chi connectivity index (χ0) is 16.1. The van der Waals surface area contributed by atoms with E-state index in [9.17, 15) is 4.79 Å². The van der Waals surface area contributed by atoms with Crippen molar-refractivity contribution in [3.05, 3.63) is 71.8 Å². The molecule has 1 amide bonds. The van der Waals surface area contributed by atoms with Crippen LogP contribution in [0.15, 0.2) is 61.1 Å². The summed E-state index contributed by atoms with van der Waals surface area (Å²) in [6.07, 6.45) is 4.67. The molecular weight excluding hydrogens is 314 g/mol. The van der Waals surface area contributed by atoms with E-state index in [1.54, 1.807) is 36.7 Å². The number of para-hydroxylation sites is 1. The summed E-state index contributed by atoms with van der Waals surface area (Å²) in [4.78, 5) is 24.5. The van der Waals surface area contributed by atoms with Crippen LogP contribution in [-0.4, -0.2) is 20.9 Å². The molecule has 2 aromatic heterocycles. The first kappa shape index (κ1) is 14.9. The highest BCUT2D eigenvalue weighted by Gasteiger charge is 2.14. The van der Waals surface area contributed by atoms with Crippen LogP contribution >= 0.6 is 11.6 Å². The van der Waals surface area contributed by atoms with Crippen LogP contribution in [0.2, 0.25) is 5.02 Å². The van der Waals surface area contributed by atoms with Gasteiger partial charge in [-0.1, -0.05) is 29.8 Å². The molecule has 3 rings (SSSR count). The minimum Gasteiger partial charge on any atom is -0.324 e. The maximum absolute atomic E-state index is 12.3. The second-order valence-corrected chi connectivity index (χ2v) is 4.98. The summed E-state index contributed by atoms with van der Waals surface area (Å²) in [5.74, 6) is -0.125. The molecule has 23 heavy (non-hydrogen) atoms. The Morgan fingerprint density at radius 2 is 1.74 bits per heavy atom. The molecule has 0 aliphatic heterocycles. The lowest BCUT2D eigenvalue weighted by molar-refractivity contribution is 0.102. The lowest BCUT2D eigenvalue weighted by Crippen LogP contribution is -2.15. The molecule has 0 atom stereocenters. The van der Waals surface area contributed by atoms with Crippen molar-refractivity contribution in [3.8, 4) is 0 Å². The minimum atomic E-state index is -0.402. The summed E-state index contributed by atoms with van der Waals surface area (Å²) < 4.78 is 0. The van der Waals surface area contributed by atoms with Crippen molar-refractivity contribution in [2.45, 2.75) is 0 Å². The Balaban J connectivity index is 1.81. The number of nitrogens with one attached hydrogen (secondary N) is 2. The molecule has 0 spiro atoms. The van der Waals surface area contributed by atoms with Gasteiger partial charge in [-0.25, -0.2) is 9.97 Å². The van der Waals surface area contributed by atoms with Gasteiger partial charge in [0.25, 0.3) is 5.91 Å². The van der Waals surface area contributed by atoms with Crippen molar-refractivity contribution in [1.29, 1.82) is 0 Å². The monoisotopic (exact) mass is 325 g/mol. The largest absolute Gasteiger partial charge is 0.324 e. The molecule has 0 aliphatic carbocycles. The van der Waals surface area contributed by atoms with E-state index >= 15 is 0 Å². The van der Waals surface area contributed by atoms with Crippen LogP contribution in [-0.2, 0) is 0 Å². The summed E-state index contributed by atoms with van der Waals surface area (Å²) in [5.41, 5.74) is 1.52. The molecule has 6 nitrogen and oxygen atoms in total. The maximum atomic E-state index is 12.3. The predicted molar refractivity (Wildman–Crippen MR) is 89.0 cm³/mol. The van der Waals surface area contributed by atoms with Crippen LogP contribution in [0.25, 0.3) is 0 Å². The van der Waals surface area contributed by atoms with Crippen molar-refractivity contribution >= 4 is 34.8 Å². The Hall–Kier alpha value is -2.99. The Labute approximate surface area is 137 Å². The number of hydrogen-bond acceptors (Lipinski definition) is 5. The van der Waals surface area contributed by atoms with Crippen molar-refractivity contribution in [2.24, 2.45) is 0 Å². The fraction of sp³-hybridized carbons (Fsp3) is 0. The highest BCUT2D eigenvalue weighted by Crippen LogP contribution is 2.18. The quantitative estimate of drug-likeness (QED) is 0.767. The molecule has 2 N–H and O–H groups in total. The van der Waals surface area contributed by atoms with Gasteiger partial charge in [-0.2, -0.15) is 0 Å². The number of rotatable bonds is 4. The van der Waals surface area contributed by atoms with E-state index in [-0.39, 0.29) is 16.7 Å². The standard InChI is InChI=1S/C16H12ClN5O/c17-13-10-19-16(21-12-6-8-18-9-7-12)22-14(13)15(23)20-11-4-2-1-3-5-11/h1-10H,(H,20,23)(H,18,19,21,22). The highest BCUT2D eigenvalue weighted by atomic mass is 35.5. The molecule has 0 saturated heterocycles. The molecule has 2 heterocycles. The van der Waals surface area contributed by atoms with E-state index in [2.05, 4.69) is 25.6 Å². The van der Waals surface area contributed by atoms with Gasteiger partial charge in [0.05, 0.1) is 11.2 Å². The fourth-order valence-electron chi connectivity index (χ4n) is 1.86. The Morgan fingerprint density at radius 1 is 1.00 bits per heavy atom. The first-order chi connectivity index (χ1) is 11.2. The summed E-state index contributed by atoms with van der Waals surface area (Å²) >= 11 is 6.04. The number of amides is 1. The summed E-state index contributed by atoms with van der Waals surface area (Å²) in [6.45, 7) is 0. The molecule has 114 valence electrons. The molecule has 0 fully saturated rings. The first-order valence-electron chi connectivity index (χ1n) is 6.78. The summed E-state index contributed by atoms with van der Waals surface area (Å²) in [5, 5.41) is 5.91. The molecule has 1 aromatic carbocycles. The molecule has 7 heteroatoms. The van der Waals surface area contributed by atoms with E-state index in [0.29, 0.717) is 5.69 Å². The number of pyridine rings is 1. The van der Waals surface area contributed by atoms with Crippen molar-refractivity contribution in [1.82, 2.24) is 15.0 Å². The van der Waals surface area contributed by atoms with Crippen molar-refractivity contribution in [3.63, 3.8) is 0 Å². The van der Waals surface area contributed by atoms with Gasteiger partial charge in [-0.3, -0.25) is 9.78 Å². The van der Waals surface area contributed by atoms with E-state index in [1.807, 2.05) is 18.2 Å². The van der Waals surface area contributed by atoms with E-state index < -0.39 is 5.91 Å². The SMILES string of the molecule is O=C(Nc1ccccc1)c1nc(Nc2ccncc2)ncc1Cl. The topological polar surface area (TPSA) is 79.8 Å². The van der Waals surface area contributed by atoms with Crippen LogP contribution in [0, 0.1) is 0 Å². The zero-order valence-electron chi connectivity index (χ0n) is 11.9. The van der Waals surface area contributed by atoms with Gasteiger partial charge in [0.2, 0.25) is 5.95 Å². The van der Waals surface area contributed by atoms with Gasteiger partial charge >= 0.3 is 0 Å². The predicted octanol–water partition coefficient (Wildman–Crippen LogP) is 3.52. The number of aromatic nitrogens is 3. The van der Waals surface area contributed by atoms with Crippen LogP contribution < -0.4 is 10.6 Å². The zero-order valence-corrected chi connectivity index (χ0v) is 12.7. The second kappa shape index (κ2) is 6.85. The normalized spacial score (nSPS) is 10.1. The molecule has 0 bridgehead atoms. The smallest absolute Gasteiger partial charge is 0.276 e. The Kier molecular flexibility index (Phi) is 4.44. The lowest BCUT2D eigenvalue weighted by atomic mass is 10.3. The van der Waals surface area contributed by atoms with Gasteiger partial charge < -0.3 is 10.6 Å². The van der Waals surface area contributed by atoms with Gasteiger partial charge in [0, 0.05) is 23.8 Å². The number of anilines is 3. The maximum Gasteiger partial charge on any atom is 0.276 e. The molecular formula is C16H12ClN5O. The van der Waals surface area contributed by atoms with E-state index in [4.69, 9.17) is 11.6 Å². The third kappa shape index (κ3) is 3.81. The third-order valence-electron chi connectivity index (χ3n) is 2.93. The average molecular weight is 326 g/mol. The number of hydrogen-bond donors (Lipinski definition) is 2. The number of halogens is 1. The summed E-state index contributed by atoms with van der Waals surface area (Å²) in [6, 6.07) is 12.6. The van der Waals surface area contributed by atoms with Gasteiger partial charge in [-0.15, -0.1) is 0 Å². The third-order valence-corrected chi connectivity index (χ3v) is 3.20. The molecule has 0 saturated carbocycles. The lowest BCUT2D eigenvalue weighted by Gasteiger charge is -2.08. The highest BCUT2D eigenvalue weighted by molar-refractivity contribution is 6.34. The van der Waals surface area contributed by atoms with Crippen LogP contribution in [0.3, 0.4) is 0 Å². The van der Waals surface area contributed by atoms with Crippen molar-refractivity contribution in [2.75, 3.05) is 10.6 Å². The number of benzene rings is 1.